The number of hydrogen-bond donors (Lipinski definition) is 0. The highest BCUT2D eigenvalue weighted by atomic mass is 16.5. The van der Waals surface area contributed by atoms with Crippen LogP contribution in [0.5, 0.6) is 0 Å². The number of carbonyl (C=O) groups is 1. The average Bonchev–Trinajstić information content (AvgIpc) is 2.33. The smallest absolute Gasteiger partial charge is 0.159 e. The van der Waals surface area contributed by atoms with Gasteiger partial charge in [0.15, 0.2) is 5.78 Å². The molecular formula is C13H22O2. The minimum atomic E-state index is 0.121. The van der Waals surface area contributed by atoms with Gasteiger partial charge in [-0.1, -0.05) is 44.2 Å². The fraction of sp³-hybridized carbons (Fsp3) is 0.462. The molecule has 2 nitrogen and oxygen atoms in total. The van der Waals surface area contributed by atoms with E-state index in [1.54, 1.807) is 14.0 Å². The second-order valence-electron chi connectivity index (χ2n) is 2.50. The van der Waals surface area contributed by atoms with Crippen LogP contribution in [0.3, 0.4) is 0 Å². The SMILES string of the molecule is CC.CC(=O)c1ccccc1.CCOC. The van der Waals surface area contributed by atoms with Gasteiger partial charge in [0.2, 0.25) is 0 Å². The maximum atomic E-state index is 10.6. The molecule has 0 atom stereocenters. The summed E-state index contributed by atoms with van der Waals surface area (Å²) in [5.41, 5.74) is 0.775. The second kappa shape index (κ2) is 12.8. The van der Waals surface area contributed by atoms with E-state index in [9.17, 15) is 4.79 Å². The molecule has 0 spiro atoms. The van der Waals surface area contributed by atoms with Crippen LogP contribution in [0.15, 0.2) is 30.3 Å². The van der Waals surface area contributed by atoms with E-state index < -0.39 is 0 Å². The van der Waals surface area contributed by atoms with E-state index in [2.05, 4.69) is 4.74 Å². The zero-order valence-electron chi connectivity index (χ0n) is 10.4. The molecule has 0 aromatic heterocycles. The standard InChI is InChI=1S/C8H8O.C3H8O.C2H6/c1-7(9)8-5-3-2-4-6-8;1-3-4-2;1-2/h2-6H,1H3;3H2,1-2H3;1-2H3. The lowest BCUT2D eigenvalue weighted by atomic mass is 10.2. The van der Waals surface area contributed by atoms with Crippen molar-refractivity contribution in [1.82, 2.24) is 0 Å². The monoisotopic (exact) mass is 210 g/mol. The summed E-state index contributed by atoms with van der Waals surface area (Å²) in [7, 11) is 1.68. The lowest BCUT2D eigenvalue weighted by Crippen LogP contribution is -1.88. The van der Waals surface area contributed by atoms with Gasteiger partial charge in [0.25, 0.3) is 0 Å². The second-order valence-corrected chi connectivity index (χ2v) is 2.50. The van der Waals surface area contributed by atoms with Crippen LogP contribution in [0.2, 0.25) is 0 Å². The molecule has 0 saturated heterocycles. The van der Waals surface area contributed by atoms with Crippen LogP contribution in [0.25, 0.3) is 0 Å². The molecule has 0 heterocycles. The summed E-state index contributed by atoms with van der Waals surface area (Å²) in [5, 5.41) is 0. The van der Waals surface area contributed by atoms with Crippen LogP contribution in [0.1, 0.15) is 38.1 Å². The highest BCUT2D eigenvalue weighted by Crippen LogP contribution is 1.97. The van der Waals surface area contributed by atoms with E-state index >= 15 is 0 Å². The Balaban J connectivity index is 0. The summed E-state index contributed by atoms with van der Waals surface area (Å²) >= 11 is 0. The number of carbonyl (C=O) groups excluding carboxylic acids is 1. The molecule has 0 aliphatic heterocycles. The fourth-order valence-corrected chi connectivity index (χ4v) is 0.673. The van der Waals surface area contributed by atoms with Crippen molar-refractivity contribution in [2.75, 3.05) is 13.7 Å². The normalized spacial score (nSPS) is 7.80. The Hall–Kier alpha value is -1.15. The first-order valence-corrected chi connectivity index (χ1v) is 5.27. The molecule has 1 rings (SSSR count). The van der Waals surface area contributed by atoms with Gasteiger partial charge in [0.1, 0.15) is 0 Å². The van der Waals surface area contributed by atoms with Gasteiger partial charge in [-0.05, 0) is 13.8 Å². The number of benzene rings is 1. The first kappa shape index (κ1) is 16.3. The van der Waals surface area contributed by atoms with Crippen LogP contribution in [0, 0.1) is 0 Å². The van der Waals surface area contributed by atoms with Gasteiger partial charge in [-0.2, -0.15) is 0 Å². The van der Waals surface area contributed by atoms with Crippen LogP contribution in [0.4, 0.5) is 0 Å². The third-order valence-electron chi connectivity index (χ3n) is 1.47. The number of hydrogen-bond acceptors (Lipinski definition) is 2. The van der Waals surface area contributed by atoms with Crippen molar-refractivity contribution in [3.63, 3.8) is 0 Å². The minimum Gasteiger partial charge on any atom is -0.385 e. The van der Waals surface area contributed by atoms with Gasteiger partial charge in [-0.3, -0.25) is 4.79 Å². The Labute approximate surface area is 93.3 Å². The highest BCUT2D eigenvalue weighted by Gasteiger charge is 1.92. The molecule has 0 aliphatic carbocycles. The quantitative estimate of drug-likeness (QED) is 0.697. The molecule has 0 bridgehead atoms. The number of methoxy groups -OCH3 is 1. The summed E-state index contributed by atoms with van der Waals surface area (Å²) in [6.07, 6.45) is 0. The van der Waals surface area contributed by atoms with Gasteiger partial charge in [-0.25, -0.2) is 0 Å². The molecule has 0 fully saturated rings. The molecule has 2 heteroatoms. The summed E-state index contributed by atoms with van der Waals surface area (Å²) in [4.78, 5) is 10.6. The Morgan fingerprint density at radius 2 is 1.60 bits per heavy atom. The molecule has 0 amide bonds. The molecule has 1 aromatic carbocycles. The van der Waals surface area contributed by atoms with Crippen molar-refractivity contribution in [1.29, 1.82) is 0 Å². The molecule has 1 aromatic rings. The summed E-state index contributed by atoms with van der Waals surface area (Å²) in [5.74, 6) is 0.121. The van der Waals surface area contributed by atoms with Crippen molar-refractivity contribution in [2.24, 2.45) is 0 Å². The maximum absolute atomic E-state index is 10.6. The molecular weight excluding hydrogens is 188 g/mol. The molecule has 0 N–H and O–H groups in total. The predicted octanol–water partition coefficient (Wildman–Crippen LogP) is 3.57. The summed E-state index contributed by atoms with van der Waals surface area (Å²) in [6.45, 7) is 8.34. The lowest BCUT2D eigenvalue weighted by Gasteiger charge is -1.89. The first-order valence-electron chi connectivity index (χ1n) is 5.27. The highest BCUT2D eigenvalue weighted by molar-refractivity contribution is 5.93. The van der Waals surface area contributed by atoms with E-state index in [1.807, 2.05) is 51.1 Å². The summed E-state index contributed by atoms with van der Waals surface area (Å²) < 4.78 is 4.54. The number of ether oxygens (including phenoxy) is 1. The van der Waals surface area contributed by atoms with Crippen LogP contribution < -0.4 is 0 Å². The average molecular weight is 210 g/mol. The molecule has 0 unspecified atom stereocenters. The van der Waals surface area contributed by atoms with Gasteiger partial charge < -0.3 is 4.74 Å². The van der Waals surface area contributed by atoms with Gasteiger partial charge in [0.05, 0.1) is 0 Å². The van der Waals surface area contributed by atoms with Gasteiger partial charge >= 0.3 is 0 Å². The van der Waals surface area contributed by atoms with Crippen molar-refractivity contribution < 1.29 is 9.53 Å². The van der Waals surface area contributed by atoms with Crippen molar-refractivity contribution in [2.45, 2.75) is 27.7 Å². The van der Waals surface area contributed by atoms with Crippen molar-refractivity contribution in [3.05, 3.63) is 35.9 Å². The van der Waals surface area contributed by atoms with Crippen LogP contribution >= 0.6 is 0 Å². The third-order valence-corrected chi connectivity index (χ3v) is 1.47. The van der Waals surface area contributed by atoms with Crippen molar-refractivity contribution in [3.8, 4) is 0 Å². The zero-order valence-corrected chi connectivity index (χ0v) is 10.4. The Morgan fingerprint density at radius 3 is 1.80 bits per heavy atom. The predicted molar refractivity (Wildman–Crippen MR) is 65.3 cm³/mol. The third kappa shape index (κ3) is 10.8. The van der Waals surface area contributed by atoms with E-state index in [1.165, 1.54) is 0 Å². The van der Waals surface area contributed by atoms with Crippen molar-refractivity contribution >= 4 is 5.78 Å². The molecule has 15 heavy (non-hydrogen) atoms. The topological polar surface area (TPSA) is 26.3 Å². The van der Waals surface area contributed by atoms with Gasteiger partial charge in [0, 0.05) is 19.3 Å². The van der Waals surface area contributed by atoms with Crippen LogP contribution in [-0.4, -0.2) is 19.5 Å². The minimum absolute atomic E-state index is 0.121. The fourth-order valence-electron chi connectivity index (χ4n) is 0.673. The Kier molecular flexibility index (Phi) is 14.0. The molecule has 0 aliphatic rings. The van der Waals surface area contributed by atoms with E-state index in [0.29, 0.717) is 0 Å². The van der Waals surface area contributed by atoms with E-state index in [4.69, 9.17) is 0 Å². The first-order chi connectivity index (χ1) is 7.22. The van der Waals surface area contributed by atoms with Crippen LogP contribution in [-0.2, 0) is 4.74 Å². The zero-order chi connectivity index (χ0) is 12.1. The molecule has 0 radical (unpaired) electrons. The largest absolute Gasteiger partial charge is 0.385 e. The Bertz CT molecular complexity index is 228. The maximum Gasteiger partial charge on any atom is 0.159 e. The lowest BCUT2D eigenvalue weighted by molar-refractivity contribution is 0.101. The number of Topliss-reactive ketones (excluding diaryl/α,β-unsaturated/α-hetero) is 1. The van der Waals surface area contributed by atoms with E-state index in [-0.39, 0.29) is 5.78 Å². The summed E-state index contributed by atoms with van der Waals surface area (Å²) in [6, 6.07) is 9.23. The number of rotatable bonds is 2. The number of ketones is 1. The van der Waals surface area contributed by atoms with Gasteiger partial charge in [-0.15, -0.1) is 0 Å². The van der Waals surface area contributed by atoms with E-state index in [0.717, 1.165) is 12.2 Å². The Morgan fingerprint density at radius 1 is 1.20 bits per heavy atom. The molecule has 0 saturated carbocycles. The molecule has 86 valence electrons.